The fourth-order valence-corrected chi connectivity index (χ4v) is 8.84. The largest absolute Gasteiger partial charge is 0.445 e. The molecule has 0 bridgehead atoms. The zero-order chi connectivity index (χ0) is 46.9. The molecular formula is C51H67N7O8. The topological polar surface area (TPSA) is 195 Å². The van der Waals surface area contributed by atoms with Gasteiger partial charge < -0.3 is 45.3 Å². The van der Waals surface area contributed by atoms with Gasteiger partial charge in [0.1, 0.15) is 24.3 Å². The molecule has 0 radical (unpaired) electrons. The van der Waals surface area contributed by atoms with Gasteiger partial charge in [0.05, 0.1) is 24.4 Å². The number of imidazole rings is 1. The van der Waals surface area contributed by atoms with E-state index in [2.05, 4.69) is 25.9 Å². The number of ether oxygens (including phenoxy) is 2. The molecule has 5 atom stereocenters. The van der Waals surface area contributed by atoms with E-state index in [1.54, 1.807) is 36.8 Å². The first-order valence-corrected chi connectivity index (χ1v) is 23.4. The van der Waals surface area contributed by atoms with Crippen molar-refractivity contribution in [3.05, 3.63) is 126 Å². The Morgan fingerprint density at radius 3 is 2.08 bits per heavy atom. The number of aliphatic hydroxyl groups is 1. The molecule has 0 unspecified atom stereocenters. The Morgan fingerprint density at radius 1 is 0.818 bits per heavy atom. The van der Waals surface area contributed by atoms with Gasteiger partial charge in [-0.2, -0.15) is 0 Å². The molecule has 66 heavy (non-hydrogen) atoms. The lowest BCUT2D eigenvalue weighted by atomic mass is 9.81. The van der Waals surface area contributed by atoms with Gasteiger partial charge in [0.25, 0.3) is 0 Å². The van der Waals surface area contributed by atoms with Crippen molar-refractivity contribution >= 4 is 29.9 Å². The Balaban J connectivity index is 1.13. The number of carbonyl (C=O) groups is 5. The highest BCUT2D eigenvalue weighted by Crippen LogP contribution is 2.31. The van der Waals surface area contributed by atoms with Crippen LogP contribution in [0.25, 0.3) is 0 Å². The Bertz CT molecular complexity index is 2130. The summed E-state index contributed by atoms with van der Waals surface area (Å²) in [6.45, 7) is 6.83. The van der Waals surface area contributed by atoms with Crippen LogP contribution in [0.4, 0.5) is 9.59 Å². The predicted molar refractivity (Wildman–Crippen MR) is 249 cm³/mol. The fraction of sp³-hybridized carbons (Fsp3) is 0.490. The third-order valence-electron chi connectivity index (χ3n) is 12.2. The Kier molecular flexibility index (Phi) is 18.2. The van der Waals surface area contributed by atoms with Gasteiger partial charge in [0.2, 0.25) is 17.7 Å². The van der Waals surface area contributed by atoms with E-state index in [9.17, 15) is 29.1 Å². The van der Waals surface area contributed by atoms with E-state index in [1.807, 2.05) is 91.0 Å². The first kappa shape index (κ1) is 49.2. The summed E-state index contributed by atoms with van der Waals surface area (Å²) in [6, 6.07) is 25.4. The normalized spacial score (nSPS) is 17.2. The highest BCUT2D eigenvalue weighted by molar-refractivity contribution is 5.92. The molecule has 1 aliphatic carbocycles. The van der Waals surface area contributed by atoms with Gasteiger partial charge in [0, 0.05) is 50.9 Å². The van der Waals surface area contributed by atoms with Gasteiger partial charge in [-0.15, -0.1) is 0 Å². The summed E-state index contributed by atoms with van der Waals surface area (Å²) in [5.41, 5.74) is 2.41. The fourth-order valence-electron chi connectivity index (χ4n) is 8.84. The minimum Gasteiger partial charge on any atom is -0.445 e. The molecule has 15 heteroatoms. The molecule has 2 heterocycles. The first-order chi connectivity index (χ1) is 31.8. The Morgan fingerprint density at radius 2 is 1.44 bits per heavy atom. The first-order valence-electron chi connectivity index (χ1n) is 23.4. The van der Waals surface area contributed by atoms with E-state index >= 15 is 0 Å². The van der Waals surface area contributed by atoms with Crippen LogP contribution in [0.1, 0.15) is 94.5 Å². The number of alkyl carbamates (subject to hydrolysis) is 1. The van der Waals surface area contributed by atoms with Crippen LogP contribution >= 0.6 is 0 Å². The molecule has 2 fully saturated rings. The average molecular weight is 906 g/mol. The zero-order valence-corrected chi connectivity index (χ0v) is 38.5. The van der Waals surface area contributed by atoms with Crippen LogP contribution < -0.4 is 16.0 Å². The van der Waals surface area contributed by atoms with Crippen molar-refractivity contribution in [2.45, 2.75) is 128 Å². The van der Waals surface area contributed by atoms with E-state index in [0.29, 0.717) is 51.1 Å². The van der Waals surface area contributed by atoms with Crippen LogP contribution in [0, 0.1) is 11.8 Å². The summed E-state index contributed by atoms with van der Waals surface area (Å²) in [6.07, 6.45) is 7.30. The maximum atomic E-state index is 14.5. The molecule has 2 aliphatic rings. The summed E-state index contributed by atoms with van der Waals surface area (Å²) in [5, 5.41) is 20.8. The third-order valence-corrected chi connectivity index (χ3v) is 12.2. The van der Waals surface area contributed by atoms with Crippen LogP contribution in [0.3, 0.4) is 0 Å². The van der Waals surface area contributed by atoms with Gasteiger partial charge in [-0.3, -0.25) is 14.4 Å². The van der Waals surface area contributed by atoms with Crippen LogP contribution in [0.2, 0.25) is 0 Å². The molecule has 15 nitrogen and oxygen atoms in total. The van der Waals surface area contributed by atoms with Crippen LogP contribution in [-0.4, -0.2) is 104 Å². The zero-order valence-electron chi connectivity index (χ0n) is 38.5. The standard InChI is InChI=1S/C51H67N7O8/c1-51(2,3)66-49(63)56-43(30-37-19-10-5-11-20-37)46(60)55-44(31-40-32-52-35-53-40)47(61)54-42(29-36-17-8-4-9-18-36)45(59)41-25-28-57(48(41)62)26-16-27-58(33-38-21-12-6-13-22-38)50(64)65-34-39-23-14-7-15-24-39/h5-7,10-15,19-24,32,35-36,41-45,59H,4,8-9,16-18,25-31,33-34H2,1-3H3,(H,52,53)(H,54,61)(H,55,60)(H,56,63)/t41-,42-,43-,44-,45-/m0/s1. The molecule has 4 aromatic rings. The summed E-state index contributed by atoms with van der Waals surface area (Å²) in [5.74, 6) is -1.86. The molecule has 3 aromatic carbocycles. The van der Waals surface area contributed by atoms with Crippen molar-refractivity contribution < 1.29 is 38.6 Å². The number of amides is 5. The van der Waals surface area contributed by atoms with Crippen LogP contribution in [0.15, 0.2) is 104 Å². The number of aromatic amines is 1. The third kappa shape index (κ3) is 15.5. The van der Waals surface area contributed by atoms with E-state index in [0.717, 1.165) is 48.8 Å². The van der Waals surface area contributed by atoms with E-state index in [4.69, 9.17) is 9.47 Å². The van der Waals surface area contributed by atoms with Gasteiger partial charge in [0.15, 0.2) is 0 Å². The van der Waals surface area contributed by atoms with E-state index in [1.165, 1.54) is 6.33 Å². The second kappa shape index (κ2) is 24.3. The van der Waals surface area contributed by atoms with E-state index in [-0.39, 0.29) is 31.3 Å². The summed E-state index contributed by atoms with van der Waals surface area (Å²) in [4.78, 5) is 79.6. The quantitative estimate of drug-likeness (QED) is 0.0623. The number of aliphatic hydroxyl groups excluding tert-OH is 1. The smallest absolute Gasteiger partial charge is 0.410 e. The van der Waals surface area contributed by atoms with Gasteiger partial charge in [-0.25, -0.2) is 14.6 Å². The summed E-state index contributed by atoms with van der Waals surface area (Å²) >= 11 is 0. The van der Waals surface area contributed by atoms with Crippen molar-refractivity contribution in [3.8, 4) is 0 Å². The molecule has 1 saturated carbocycles. The molecule has 1 saturated heterocycles. The van der Waals surface area contributed by atoms with Crippen molar-refractivity contribution in [1.29, 1.82) is 0 Å². The molecule has 354 valence electrons. The van der Waals surface area contributed by atoms with Gasteiger partial charge in [-0.05, 0) is 62.6 Å². The highest BCUT2D eigenvalue weighted by atomic mass is 16.6. The van der Waals surface area contributed by atoms with Crippen molar-refractivity contribution in [3.63, 3.8) is 0 Å². The molecule has 1 aliphatic heterocycles. The second-order valence-corrected chi connectivity index (χ2v) is 18.6. The number of aromatic nitrogens is 2. The number of likely N-dealkylation sites (tertiary alicyclic amines) is 1. The SMILES string of the molecule is CC(C)(C)OC(=O)N[C@@H](Cc1ccccc1)C(=O)N[C@@H](Cc1cnc[nH]1)C(=O)N[C@@H](CC1CCCCC1)[C@@H](O)[C@@H]1CCN(CCCN(Cc2ccccc2)C(=O)OCc2ccccc2)C1=O. The maximum Gasteiger partial charge on any atom is 0.410 e. The van der Waals surface area contributed by atoms with Gasteiger partial charge >= 0.3 is 12.2 Å². The second-order valence-electron chi connectivity index (χ2n) is 18.6. The molecule has 0 spiro atoms. The summed E-state index contributed by atoms with van der Waals surface area (Å²) < 4.78 is 11.2. The maximum absolute atomic E-state index is 14.5. The number of H-pyrrole nitrogens is 1. The predicted octanol–water partition coefficient (Wildman–Crippen LogP) is 6.47. The highest BCUT2D eigenvalue weighted by Gasteiger charge is 2.42. The van der Waals surface area contributed by atoms with Crippen LogP contribution in [0.5, 0.6) is 0 Å². The monoisotopic (exact) mass is 906 g/mol. The van der Waals surface area contributed by atoms with Crippen molar-refractivity contribution in [2.24, 2.45) is 11.8 Å². The molecule has 5 N–H and O–H groups in total. The number of carbonyl (C=O) groups excluding carboxylic acids is 5. The Hall–Kier alpha value is -6.22. The minimum absolute atomic E-state index is 0.0472. The number of hydrogen-bond acceptors (Lipinski definition) is 9. The van der Waals surface area contributed by atoms with Crippen molar-refractivity contribution in [1.82, 2.24) is 35.7 Å². The van der Waals surface area contributed by atoms with Crippen LogP contribution in [-0.2, 0) is 49.9 Å². The van der Waals surface area contributed by atoms with Gasteiger partial charge in [-0.1, -0.05) is 123 Å². The lowest BCUT2D eigenvalue weighted by Gasteiger charge is -2.33. The van der Waals surface area contributed by atoms with E-state index < -0.39 is 59.7 Å². The number of nitrogens with zero attached hydrogens (tertiary/aromatic N) is 3. The molecule has 1 aromatic heterocycles. The number of rotatable bonds is 21. The number of benzene rings is 3. The molecule has 6 rings (SSSR count). The Labute approximate surface area is 388 Å². The average Bonchev–Trinajstić information content (AvgIpc) is 3.96. The lowest BCUT2D eigenvalue weighted by molar-refractivity contribution is -0.136. The number of hydrogen-bond donors (Lipinski definition) is 5. The summed E-state index contributed by atoms with van der Waals surface area (Å²) in [7, 11) is 0. The lowest BCUT2D eigenvalue weighted by Crippen LogP contribution is -2.58. The molecule has 5 amide bonds. The number of nitrogens with one attached hydrogen (secondary N) is 4. The van der Waals surface area contributed by atoms with Crippen molar-refractivity contribution in [2.75, 3.05) is 19.6 Å². The minimum atomic E-state index is -1.20. The molecular weight excluding hydrogens is 839 g/mol.